The highest BCUT2D eigenvalue weighted by molar-refractivity contribution is 6.28. The number of hydrogen-bond donors (Lipinski definition) is 2. The molecule has 2 heterocycles. The molecular formula is C11H16ClN7O. The molecule has 0 amide bonds. The van der Waals surface area contributed by atoms with Crippen LogP contribution in [0, 0.1) is 6.92 Å². The Morgan fingerprint density at radius 1 is 1.05 bits per heavy atom. The molecule has 0 aliphatic heterocycles. The maximum atomic E-state index is 5.85. The van der Waals surface area contributed by atoms with Crippen molar-refractivity contribution >= 4 is 23.5 Å². The van der Waals surface area contributed by atoms with E-state index in [9.17, 15) is 0 Å². The summed E-state index contributed by atoms with van der Waals surface area (Å²) < 4.78 is 4.89. The number of nitrogens with one attached hydrogen (secondary N) is 2. The van der Waals surface area contributed by atoms with E-state index in [1.54, 1.807) is 6.92 Å². The molecule has 0 fully saturated rings. The molecule has 9 heteroatoms. The number of nitrogens with zero attached hydrogens (tertiary/aromatic N) is 5. The van der Waals surface area contributed by atoms with Crippen LogP contribution in [0.3, 0.4) is 0 Å². The molecule has 2 aromatic heterocycles. The molecule has 0 bridgehead atoms. The highest BCUT2D eigenvalue weighted by Crippen LogP contribution is 2.09. The Morgan fingerprint density at radius 3 is 2.35 bits per heavy atom. The third-order valence-corrected chi connectivity index (χ3v) is 2.51. The van der Waals surface area contributed by atoms with Crippen molar-refractivity contribution in [2.75, 3.05) is 23.7 Å². The SMILES string of the molecule is CCCNc1nc(Cl)nc(NCCc2noc(C)n2)n1. The summed E-state index contributed by atoms with van der Waals surface area (Å²) in [5.41, 5.74) is 0. The van der Waals surface area contributed by atoms with E-state index in [2.05, 4.69) is 42.6 Å². The predicted octanol–water partition coefficient (Wildman–Crippen LogP) is 1.69. The summed E-state index contributed by atoms with van der Waals surface area (Å²) in [7, 11) is 0. The van der Waals surface area contributed by atoms with Crippen LogP contribution in [-0.2, 0) is 6.42 Å². The minimum Gasteiger partial charge on any atom is -0.354 e. The summed E-state index contributed by atoms with van der Waals surface area (Å²) in [4.78, 5) is 16.3. The monoisotopic (exact) mass is 297 g/mol. The Kier molecular flexibility index (Phi) is 5.05. The first-order valence-electron chi connectivity index (χ1n) is 6.36. The first-order chi connectivity index (χ1) is 9.67. The van der Waals surface area contributed by atoms with Crippen LogP contribution in [0.15, 0.2) is 4.52 Å². The first-order valence-corrected chi connectivity index (χ1v) is 6.73. The van der Waals surface area contributed by atoms with Crippen LogP contribution in [0.4, 0.5) is 11.9 Å². The van der Waals surface area contributed by atoms with E-state index < -0.39 is 0 Å². The van der Waals surface area contributed by atoms with Crippen molar-refractivity contribution in [1.29, 1.82) is 0 Å². The van der Waals surface area contributed by atoms with Crippen LogP contribution >= 0.6 is 11.6 Å². The van der Waals surface area contributed by atoms with Crippen molar-refractivity contribution in [2.24, 2.45) is 0 Å². The third-order valence-electron chi connectivity index (χ3n) is 2.34. The van der Waals surface area contributed by atoms with Crippen LogP contribution in [0.5, 0.6) is 0 Å². The number of rotatable bonds is 7. The fraction of sp³-hybridized carbons (Fsp3) is 0.545. The summed E-state index contributed by atoms with van der Waals surface area (Å²) >= 11 is 5.85. The van der Waals surface area contributed by atoms with Crippen molar-refractivity contribution in [1.82, 2.24) is 25.1 Å². The first kappa shape index (κ1) is 14.4. The third kappa shape index (κ3) is 4.30. The minimum atomic E-state index is 0.150. The standard InChI is InChI=1S/C11H16ClN7O/c1-3-5-13-10-16-9(12)17-11(18-10)14-6-4-8-15-7(2)20-19-8/h3-6H2,1-2H3,(H2,13,14,16,17,18). The van der Waals surface area contributed by atoms with Gasteiger partial charge in [0.2, 0.25) is 23.1 Å². The van der Waals surface area contributed by atoms with Gasteiger partial charge in [0.25, 0.3) is 0 Å². The minimum absolute atomic E-state index is 0.150. The molecule has 108 valence electrons. The van der Waals surface area contributed by atoms with Gasteiger partial charge in [0, 0.05) is 26.4 Å². The lowest BCUT2D eigenvalue weighted by Crippen LogP contribution is -2.12. The molecule has 0 radical (unpaired) electrons. The highest BCUT2D eigenvalue weighted by atomic mass is 35.5. The molecule has 0 unspecified atom stereocenters. The Balaban J connectivity index is 1.89. The summed E-state index contributed by atoms with van der Waals surface area (Å²) in [6.07, 6.45) is 1.58. The van der Waals surface area contributed by atoms with Gasteiger partial charge < -0.3 is 15.2 Å². The van der Waals surface area contributed by atoms with Gasteiger partial charge in [-0.2, -0.15) is 19.9 Å². The van der Waals surface area contributed by atoms with Gasteiger partial charge in [-0.1, -0.05) is 12.1 Å². The lowest BCUT2D eigenvalue weighted by atomic mass is 10.4. The lowest BCUT2D eigenvalue weighted by Gasteiger charge is -2.06. The molecule has 0 aliphatic rings. The number of aromatic nitrogens is 5. The predicted molar refractivity (Wildman–Crippen MR) is 74.8 cm³/mol. The van der Waals surface area contributed by atoms with Crippen molar-refractivity contribution in [3.05, 3.63) is 17.0 Å². The van der Waals surface area contributed by atoms with E-state index in [0.717, 1.165) is 13.0 Å². The van der Waals surface area contributed by atoms with E-state index >= 15 is 0 Å². The number of aryl methyl sites for hydroxylation is 1. The summed E-state index contributed by atoms with van der Waals surface area (Å²) in [6.45, 7) is 5.16. The van der Waals surface area contributed by atoms with E-state index in [-0.39, 0.29) is 5.28 Å². The topological polar surface area (TPSA) is 102 Å². The van der Waals surface area contributed by atoms with Gasteiger partial charge >= 0.3 is 0 Å². The zero-order valence-corrected chi connectivity index (χ0v) is 12.1. The molecule has 0 aromatic carbocycles. The van der Waals surface area contributed by atoms with Gasteiger partial charge in [-0.05, 0) is 18.0 Å². The second-order valence-electron chi connectivity index (χ2n) is 4.08. The maximum Gasteiger partial charge on any atom is 0.228 e. The average molecular weight is 298 g/mol. The normalized spacial score (nSPS) is 10.6. The summed E-state index contributed by atoms with van der Waals surface area (Å²) in [5.74, 6) is 2.07. The molecule has 0 saturated carbocycles. The lowest BCUT2D eigenvalue weighted by molar-refractivity contribution is 0.387. The van der Waals surface area contributed by atoms with E-state index in [4.69, 9.17) is 16.1 Å². The van der Waals surface area contributed by atoms with Crippen LogP contribution < -0.4 is 10.6 Å². The Hall–Kier alpha value is -1.96. The molecule has 2 rings (SSSR count). The summed E-state index contributed by atoms with van der Waals surface area (Å²) in [6, 6.07) is 0. The molecule has 0 saturated heterocycles. The van der Waals surface area contributed by atoms with Crippen molar-refractivity contribution in [3.63, 3.8) is 0 Å². The number of halogens is 1. The van der Waals surface area contributed by atoms with Gasteiger partial charge in [-0.3, -0.25) is 0 Å². The van der Waals surface area contributed by atoms with Gasteiger partial charge in [-0.25, -0.2) is 0 Å². The second kappa shape index (κ2) is 6.99. The average Bonchev–Trinajstić information content (AvgIpc) is 2.81. The maximum absolute atomic E-state index is 5.85. The van der Waals surface area contributed by atoms with Crippen LogP contribution in [0.1, 0.15) is 25.1 Å². The fourth-order valence-electron chi connectivity index (χ4n) is 1.47. The van der Waals surface area contributed by atoms with E-state index in [0.29, 0.717) is 36.6 Å². The highest BCUT2D eigenvalue weighted by Gasteiger charge is 2.06. The summed E-state index contributed by atoms with van der Waals surface area (Å²) in [5, 5.41) is 10.1. The van der Waals surface area contributed by atoms with E-state index in [1.165, 1.54) is 0 Å². The fourth-order valence-corrected chi connectivity index (χ4v) is 1.63. The largest absolute Gasteiger partial charge is 0.354 e. The number of hydrogen-bond acceptors (Lipinski definition) is 8. The molecule has 2 N–H and O–H groups in total. The Bertz CT molecular complexity index is 559. The molecule has 0 aliphatic carbocycles. The number of anilines is 2. The van der Waals surface area contributed by atoms with Crippen LogP contribution in [0.2, 0.25) is 5.28 Å². The van der Waals surface area contributed by atoms with Crippen molar-refractivity contribution < 1.29 is 4.52 Å². The second-order valence-corrected chi connectivity index (χ2v) is 4.42. The zero-order valence-electron chi connectivity index (χ0n) is 11.4. The van der Waals surface area contributed by atoms with Gasteiger partial charge in [0.15, 0.2) is 5.82 Å². The van der Waals surface area contributed by atoms with Crippen LogP contribution in [0.25, 0.3) is 0 Å². The molecule has 8 nitrogen and oxygen atoms in total. The molecule has 2 aromatic rings. The molecule has 0 spiro atoms. The van der Waals surface area contributed by atoms with Crippen LogP contribution in [-0.4, -0.2) is 38.2 Å². The Labute approximate surface area is 121 Å². The zero-order chi connectivity index (χ0) is 14.4. The van der Waals surface area contributed by atoms with Gasteiger partial charge in [-0.15, -0.1) is 0 Å². The van der Waals surface area contributed by atoms with Crippen molar-refractivity contribution in [2.45, 2.75) is 26.7 Å². The quantitative estimate of drug-likeness (QED) is 0.796. The molecule has 20 heavy (non-hydrogen) atoms. The smallest absolute Gasteiger partial charge is 0.228 e. The molecule has 0 atom stereocenters. The Morgan fingerprint density at radius 2 is 1.75 bits per heavy atom. The van der Waals surface area contributed by atoms with Crippen molar-refractivity contribution in [3.8, 4) is 0 Å². The van der Waals surface area contributed by atoms with Gasteiger partial charge in [0.05, 0.1) is 0 Å². The van der Waals surface area contributed by atoms with Gasteiger partial charge in [0.1, 0.15) is 0 Å². The van der Waals surface area contributed by atoms with E-state index in [1.807, 2.05) is 0 Å². The molecular weight excluding hydrogens is 282 g/mol.